The predicted molar refractivity (Wildman–Crippen MR) is 98.1 cm³/mol. The minimum atomic E-state index is -0.656. The predicted octanol–water partition coefficient (Wildman–Crippen LogP) is 3.41. The summed E-state index contributed by atoms with van der Waals surface area (Å²) in [6.07, 6.45) is 2.76. The molecule has 0 atom stereocenters. The summed E-state index contributed by atoms with van der Waals surface area (Å²) in [5.74, 6) is -0.996. The number of nitrogens with one attached hydrogen (secondary N) is 1. The molecule has 1 amide bonds. The topological polar surface area (TPSA) is 90.1 Å². The Morgan fingerprint density at radius 1 is 1.11 bits per heavy atom. The monoisotopic (exact) mass is 382 g/mol. The first-order chi connectivity index (χ1) is 13.6. The SMILES string of the molecule is COc1cc(/C=N\NC(=O)c2ccc(F)cc2)ccc1OC(=O)c1ccco1. The second-order valence-electron chi connectivity index (χ2n) is 5.48. The van der Waals surface area contributed by atoms with Crippen molar-refractivity contribution in [3.63, 3.8) is 0 Å². The van der Waals surface area contributed by atoms with Crippen LogP contribution >= 0.6 is 0 Å². The molecule has 1 aromatic heterocycles. The molecule has 0 aliphatic rings. The van der Waals surface area contributed by atoms with E-state index in [1.807, 2.05) is 0 Å². The highest BCUT2D eigenvalue weighted by Crippen LogP contribution is 2.28. The summed E-state index contributed by atoms with van der Waals surface area (Å²) in [4.78, 5) is 23.9. The molecule has 8 heteroatoms. The Morgan fingerprint density at radius 3 is 2.57 bits per heavy atom. The van der Waals surface area contributed by atoms with Crippen LogP contribution in [0.4, 0.5) is 4.39 Å². The van der Waals surface area contributed by atoms with E-state index in [1.165, 1.54) is 56.0 Å². The molecule has 0 bridgehead atoms. The van der Waals surface area contributed by atoms with Crippen LogP contribution in [0.5, 0.6) is 11.5 Å². The van der Waals surface area contributed by atoms with E-state index >= 15 is 0 Å². The summed E-state index contributed by atoms with van der Waals surface area (Å²) in [6, 6.07) is 12.9. The molecule has 28 heavy (non-hydrogen) atoms. The lowest BCUT2D eigenvalue weighted by atomic mass is 10.2. The van der Waals surface area contributed by atoms with Gasteiger partial charge in [-0.05, 0) is 60.2 Å². The van der Waals surface area contributed by atoms with Gasteiger partial charge in [0.15, 0.2) is 11.5 Å². The largest absolute Gasteiger partial charge is 0.493 e. The van der Waals surface area contributed by atoms with Crippen LogP contribution < -0.4 is 14.9 Å². The van der Waals surface area contributed by atoms with Gasteiger partial charge in [0.1, 0.15) is 5.82 Å². The highest BCUT2D eigenvalue weighted by Gasteiger charge is 2.14. The van der Waals surface area contributed by atoms with Gasteiger partial charge in [0, 0.05) is 5.56 Å². The van der Waals surface area contributed by atoms with Gasteiger partial charge in [0.25, 0.3) is 5.91 Å². The fourth-order valence-electron chi connectivity index (χ4n) is 2.22. The summed E-state index contributed by atoms with van der Waals surface area (Å²) in [5, 5.41) is 3.85. The van der Waals surface area contributed by atoms with Crippen molar-refractivity contribution in [2.24, 2.45) is 5.10 Å². The average Bonchev–Trinajstić information content (AvgIpc) is 3.24. The number of nitrogens with zero attached hydrogens (tertiary/aromatic N) is 1. The van der Waals surface area contributed by atoms with Crippen molar-refractivity contribution in [3.05, 3.63) is 83.6 Å². The van der Waals surface area contributed by atoms with Crippen LogP contribution in [0.3, 0.4) is 0 Å². The molecular weight excluding hydrogens is 367 g/mol. The van der Waals surface area contributed by atoms with Crippen molar-refractivity contribution >= 4 is 18.1 Å². The second kappa shape index (κ2) is 8.63. The molecule has 1 heterocycles. The Bertz CT molecular complexity index is 998. The molecule has 3 aromatic rings. The smallest absolute Gasteiger partial charge is 0.379 e. The maximum atomic E-state index is 12.9. The van der Waals surface area contributed by atoms with Crippen LogP contribution in [-0.4, -0.2) is 25.2 Å². The summed E-state index contributed by atoms with van der Waals surface area (Å²) in [5.41, 5.74) is 3.21. The lowest BCUT2D eigenvalue weighted by Gasteiger charge is -2.09. The van der Waals surface area contributed by atoms with Crippen molar-refractivity contribution in [2.75, 3.05) is 7.11 Å². The molecule has 3 rings (SSSR count). The standard InChI is InChI=1S/C20H15FN2O5/c1-26-18-11-13(4-9-16(18)28-20(25)17-3-2-10-27-17)12-22-23-19(24)14-5-7-15(21)8-6-14/h2-12H,1H3,(H,23,24)/b22-12-. The first-order valence-electron chi connectivity index (χ1n) is 8.09. The molecule has 0 saturated heterocycles. The van der Waals surface area contributed by atoms with Crippen molar-refractivity contribution in [2.45, 2.75) is 0 Å². The molecule has 2 aromatic carbocycles. The van der Waals surface area contributed by atoms with Crippen LogP contribution in [0.25, 0.3) is 0 Å². The minimum Gasteiger partial charge on any atom is -0.493 e. The number of carbonyl (C=O) groups excluding carboxylic acids is 2. The molecule has 0 aliphatic carbocycles. The molecule has 0 radical (unpaired) electrons. The lowest BCUT2D eigenvalue weighted by molar-refractivity contribution is 0.0696. The summed E-state index contributed by atoms with van der Waals surface area (Å²) >= 11 is 0. The van der Waals surface area contributed by atoms with E-state index in [0.717, 1.165) is 0 Å². The minimum absolute atomic E-state index is 0.0659. The Morgan fingerprint density at radius 2 is 1.89 bits per heavy atom. The molecule has 0 aliphatic heterocycles. The van der Waals surface area contributed by atoms with E-state index in [0.29, 0.717) is 11.3 Å². The van der Waals surface area contributed by atoms with Crippen LogP contribution in [0, 0.1) is 5.82 Å². The summed E-state index contributed by atoms with van der Waals surface area (Å²) in [6.45, 7) is 0. The number of amides is 1. The average molecular weight is 382 g/mol. The number of furan rings is 1. The normalized spacial score (nSPS) is 10.6. The zero-order valence-corrected chi connectivity index (χ0v) is 14.7. The van der Waals surface area contributed by atoms with Gasteiger partial charge < -0.3 is 13.9 Å². The number of carbonyl (C=O) groups is 2. The van der Waals surface area contributed by atoms with Crippen molar-refractivity contribution in [3.8, 4) is 11.5 Å². The maximum absolute atomic E-state index is 12.9. The van der Waals surface area contributed by atoms with E-state index in [-0.39, 0.29) is 17.1 Å². The highest BCUT2D eigenvalue weighted by atomic mass is 19.1. The van der Waals surface area contributed by atoms with Gasteiger partial charge in [-0.3, -0.25) is 4.79 Å². The number of hydrogen-bond acceptors (Lipinski definition) is 6. The third kappa shape index (κ3) is 4.61. The van der Waals surface area contributed by atoms with Crippen LogP contribution in [0.1, 0.15) is 26.5 Å². The van der Waals surface area contributed by atoms with Crippen LogP contribution in [0.15, 0.2) is 70.4 Å². The lowest BCUT2D eigenvalue weighted by Crippen LogP contribution is -2.17. The second-order valence-corrected chi connectivity index (χ2v) is 5.48. The molecule has 0 unspecified atom stereocenters. The van der Waals surface area contributed by atoms with Crippen LogP contribution in [-0.2, 0) is 0 Å². The number of benzene rings is 2. The van der Waals surface area contributed by atoms with E-state index in [4.69, 9.17) is 13.9 Å². The quantitative estimate of drug-likeness (QED) is 0.305. The third-order valence-electron chi connectivity index (χ3n) is 3.60. The number of rotatable bonds is 6. The molecule has 1 N–H and O–H groups in total. The fourth-order valence-corrected chi connectivity index (χ4v) is 2.22. The number of halogens is 1. The third-order valence-corrected chi connectivity index (χ3v) is 3.60. The highest BCUT2D eigenvalue weighted by molar-refractivity contribution is 5.95. The number of methoxy groups -OCH3 is 1. The molecular formula is C20H15FN2O5. The van der Waals surface area contributed by atoms with Gasteiger partial charge in [0.2, 0.25) is 5.76 Å². The van der Waals surface area contributed by atoms with E-state index in [2.05, 4.69) is 10.5 Å². The van der Waals surface area contributed by atoms with Gasteiger partial charge in [0.05, 0.1) is 19.6 Å². The Hall–Kier alpha value is -3.94. The first kappa shape index (κ1) is 18.8. The first-order valence-corrected chi connectivity index (χ1v) is 8.09. The van der Waals surface area contributed by atoms with Crippen LogP contribution in [0.2, 0.25) is 0 Å². The van der Waals surface area contributed by atoms with Gasteiger partial charge in [-0.25, -0.2) is 14.6 Å². The molecule has 7 nitrogen and oxygen atoms in total. The number of esters is 1. The zero-order valence-electron chi connectivity index (χ0n) is 14.7. The molecule has 0 saturated carbocycles. The van der Waals surface area contributed by atoms with Crippen molar-refractivity contribution in [1.29, 1.82) is 0 Å². The summed E-state index contributed by atoms with van der Waals surface area (Å²) < 4.78 is 28.3. The summed E-state index contributed by atoms with van der Waals surface area (Å²) in [7, 11) is 1.43. The Labute approximate surface area is 159 Å². The van der Waals surface area contributed by atoms with Crippen molar-refractivity contribution in [1.82, 2.24) is 5.43 Å². The molecule has 142 valence electrons. The van der Waals surface area contributed by atoms with E-state index < -0.39 is 17.7 Å². The van der Waals surface area contributed by atoms with Gasteiger partial charge in [-0.1, -0.05) is 0 Å². The maximum Gasteiger partial charge on any atom is 0.379 e. The Balaban J connectivity index is 1.66. The van der Waals surface area contributed by atoms with Gasteiger partial charge >= 0.3 is 5.97 Å². The molecule has 0 fully saturated rings. The van der Waals surface area contributed by atoms with Gasteiger partial charge in [-0.2, -0.15) is 5.10 Å². The fraction of sp³-hybridized carbons (Fsp3) is 0.0500. The number of hydrogen-bond donors (Lipinski definition) is 1. The zero-order chi connectivity index (χ0) is 19.9. The molecule has 0 spiro atoms. The number of hydrazone groups is 1. The Kier molecular flexibility index (Phi) is 5.81. The van der Waals surface area contributed by atoms with E-state index in [9.17, 15) is 14.0 Å². The van der Waals surface area contributed by atoms with Crippen molar-refractivity contribution < 1.29 is 27.9 Å². The van der Waals surface area contributed by atoms with Gasteiger partial charge in [-0.15, -0.1) is 0 Å². The van der Waals surface area contributed by atoms with E-state index in [1.54, 1.807) is 18.2 Å². The number of ether oxygens (including phenoxy) is 2.